The first kappa shape index (κ1) is 13.1. The third-order valence-electron chi connectivity index (χ3n) is 3.02. The van der Waals surface area contributed by atoms with E-state index in [1.54, 1.807) is 0 Å². The monoisotopic (exact) mass is 346 g/mol. The second-order valence-corrected chi connectivity index (χ2v) is 5.64. The number of hydrogen-bond acceptors (Lipinski definition) is 3. The van der Waals surface area contributed by atoms with E-state index in [1.807, 2.05) is 18.2 Å². The Balaban J connectivity index is 1.65. The molecule has 1 aromatic rings. The highest BCUT2D eigenvalue weighted by atomic mass is 127. The van der Waals surface area contributed by atoms with E-state index in [0.717, 1.165) is 44.8 Å². The van der Waals surface area contributed by atoms with Crippen molar-refractivity contribution in [3.63, 3.8) is 0 Å². The molecule has 1 fully saturated rings. The highest BCUT2D eigenvalue weighted by Crippen LogP contribution is 2.19. The quantitative estimate of drug-likeness (QED) is 0.656. The van der Waals surface area contributed by atoms with Gasteiger partial charge in [-0.1, -0.05) is 12.1 Å². The van der Waals surface area contributed by atoms with Crippen LogP contribution in [0.4, 0.5) is 0 Å². The average molecular weight is 346 g/mol. The lowest BCUT2D eigenvalue weighted by molar-refractivity contribution is 0.261. The Morgan fingerprint density at radius 1 is 1.41 bits per heavy atom. The molecule has 4 heteroatoms. The van der Waals surface area contributed by atoms with Crippen LogP contribution >= 0.6 is 22.6 Å². The van der Waals surface area contributed by atoms with E-state index >= 15 is 0 Å². The van der Waals surface area contributed by atoms with Crippen molar-refractivity contribution in [1.29, 1.82) is 0 Å². The van der Waals surface area contributed by atoms with E-state index in [4.69, 9.17) is 10.5 Å². The van der Waals surface area contributed by atoms with E-state index in [9.17, 15) is 0 Å². The summed E-state index contributed by atoms with van der Waals surface area (Å²) in [4.78, 5) is 2.42. The van der Waals surface area contributed by atoms with Gasteiger partial charge in [0.15, 0.2) is 0 Å². The molecule has 0 aliphatic carbocycles. The van der Waals surface area contributed by atoms with Crippen LogP contribution in [-0.4, -0.2) is 37.2 Å². The third-order valence-corrected chi connectivity index (χ3v) is 3.91. The Kier molecular flexibility index (Phi) is 5.06. The molecule has 1 atom stereocenters. The van der Waals surface area contributed by atoms with Crippen LogP contribution < -0.4 is 10.5 Å². The topological polar surface area (TPSA) is 38.5 Å². The fourth-order valence-electron chi connectivity index (χ4n) is 2.10. The number of para-hydroxylation sites is 1. The van der Waals surface area contributed by atoms with Crippen molar-refractivity contribution in [2.75, 3.05) is 26.2 Å². The summed E-state index contributed by atoms with van der Waals surface area (Å²) in [5, 5.41) is 0. The van der Waals surface area contributed by atoms with Gasteiger partial charge in [0.25, 0.3) is 0 Å². The molecule has 1 aliphatic rings. The van der Waals surface area contributed by atoms with Gasteiger partial charge in [0.05, 0.1) is 10.2 Å². The molecular formula is C13H19IN2O. The maximum absolute atomic E-state index is 5.87. The van der Waals surface area contributed by atoms with E-state index in [1.165, 1.54) is 3.57 Å². The number of rotatable bonds is 5. The Labute approximate surface area is 116 Å². The number of hydrogen-bond donors (Lipinski definition) is 1. The maximum atomic E-state index is 5.87. The first-order valence-corrected chi connectivity index (χ1v) is 7.19. The van der Waals surface area contributed by atoms with Crippen LogP contribution in [0.3, 0.4) is 0 Å². The lowest BCUT2D eigenvalue weighted by atomic mass is 10.3. The molecule has 1 aliphatic heterocycles. The predicted octanol–water partition coefficient (Wildman–Crippen LogP) is 2.09. The lowest BCUT2D eigenvalue weighted by Crippen LogP contribution is -2.28. The van der Waals surface area contributed by atoms with Crippen LogP contribution in [0.25, 0.3) is 0 Å². The van der Waals surface area contributed by atoms with Gasteiger partial charge in [0.1, 0.15) is 5.75 Å². The van der Waals surface area contributed by atoms with Crippen LogP contribution in [0.1, 0.15) is 12.8 Å². The molecule has 3 nitrogen and oxygen atoms in total. The molecule has 0 spiro atoms. The van der Waals surface area contributed by atoms with Gasteiger partial charge < -0.3 is 15.4 Å². The molecule has 1 heterocycles. The summed E-state index contributed by atoms with van der Waals surface area (Å²) in [6.45, 7) is 4.07. The zero-order valence-corrected chi connectivity index (χ0v) is 12.1. The molecule has 1 saturated heterocycles. The molecule has 0 saturated carbocycles. The minimum atomic E-state index is 0.381. The van der Waals surface area contributed by atoms with Crippen LogP contribution in [0.2, 0.25) is 0 Å². The Hall–Kier alpha value is -0.330. The summed E-state index contributed by atoms with van der Waals surface area (Å²) in [5.74, 6) is 0.992. The van der Waals surface area contributed by atoms with Crippen LogP contribution in [-0.2, 0) is 0 Å². The van der Waals surface area contributed by atoms with E-state index in [2.05, 4.69) is 33.6 Å². The fraction of sp³-hybridized carbons (Fsp3) is 0.538. The normalized spacial score (nSPS) is 20.7. The molecule has 0 radical (unpaired) electrons. The molecule has 2 N–H and O–H groups in total. The van der Waals surface area contributed by atoms with Crippen LogP contribution in [0, 0.1) is 3.57 Å². The second-order valence-electron chi connectivity index (χ2n) is 4.48. The van der Waals surface area contributed by atoms with Gasteiger partial charge in [0.2, 0.25) is 0 Å². The molecule has 1 aromatic carbocycles. The van der Waals surface area contributed by atoms with Gasteiger partial charge in [-0.3, -0.25) is 0 Å². The second kappa shape index (κ2) is 6.56. The maximum Gasteiger partial charge on any atom is 0.132 e. The van der Waals surface area contributed by atoms with Gasteiger partial charge >= 0.3 is 0 Å². The largest absolute Gasteiger partial charge is 0.492 e. The summed E-state index contributed by atoms with van der Waals surface area (Å²) < 4.78 is 6.93. The first-order valence-electron chi connectivity index (χ1n) is 6.11. The molecule has 0 bridgehead atoms. The summed E-state index contributed by atoms with van der Waals surface area (Å²) in [6.07, 6.45) is 2.20. The SMILES string of the molecule is NC1CCN(CCCOc2ccccc2I)C1. The number of halogens is 1. The first-order chi connectivity index (χ1) is 8.25. The van der Waals surface area contributed by atoms with E-state index in [-0.39, 0.29) is 0 Å². The van der Waals surface area contributed by atoms with Gasteiger partial charge in [-0.05, 0) is 54.1 Å². The highest BCUT2D eigenvalue weighted by Gasteiger charge is 2.17. The predicted molar refractivity (Wildman–Crippen MR) is 78.3 cm³/mol. The number of nitrogens with two attached hydrogens (primary N) is 1. The summed E-state index contributed by atoms with van der Waals surface area (Å²) >= 11 is 2.30. The van der Waals surface area contributed by atoms with E-state index < -0.39 is 0 Å². The summed E-state index contributed by atoms with van der Waals surface area (Å²) in [7, 11) is 0. The minimum absolute atomic E-state index is 0.381. The number of ether oxygens (including phenoxy) is 1. The van der Waals surface area contributed by atoms with Gasteiger partial charge in [-0.15, -0.1) is 0 Å². The minimum Gasteiger partial charge on any atom is -0.492 e. The lowest BCUT2D eigenvalue weighted by Gasteiger charge is -2.15. The van der Waals surface area contributed by atoms with Crippen molar-refractivity contribution in [3.05, 3.63) is 27.8 Å². The van der Waals surface area contributed by atoms with Crippen LogP contribution in [0.15, 0.2) is 24.3 Å². The smallest absolute Gasteiger partial charge is 0.132 e. The highest BCUT2D eigenvalue weighted by molar-refractivity contribution is 14.1. The molecule has 94 valence electrons. The van der Waals surface area contributed by atoms with Crippen molar-refractivity contribution in [2.45, 2.75) is 18.9 Å². The standard InChI is InChI=1S/C13H19IN2O/c14-12-4-1-2-5-13(12)17-9-3-7-16-8-6-11(15)10-16/h1-2,4-5,11H,3,6-10,15H2. The van der Waals surface area contributed by atoms with Crippen molar-refractivity contribution >= 4 is 22.6 Å². The van der Waals surface area contributed by atoms with Crippen molar-refractivity contribution in [3.8, 4) is 5.75 Å². The third kappa shape index (κ3) is 4.12. The molecule has 1 unspecified atom stereocenters. The zero-order chi connectivity index (χ0) is 12.1. The van der Waals surface area contributed by atoms with Crippen molar-refractivity contribution in [2.24, 2.45) is 5.73 Å². The van der Waals surface area contributed by atoms with Gasteiger partial charge in [-0.25, -0.2) is 0 Å². The molecule has 0 aromatic heterocycles. The summed E-state index contributed by atoms with van der Waals surface area (Å²) in [6, 6.07) is 8.51. The van der Waals surface area contributed by atoms with Gasteiger partial charge in [0, 0.05) is 19.1 Å². The zero-order valence-electron chi connectivity index (χ0n) is 9.94. The average Bonchev–Trinajstić information content (AvgIpc) is 2.73. The van der Waals surface area contributed by atoms with Crippen molar-refractivity contribution in [1.82, 2.24) is 4.90 Å². The van der Waals surface area contributed by atoms with E-state index in [0.29, 0.717) is 6.04 Å². The van der Waals surface area contributed by atoms with Crippen molar-refractivity contribution < 1.29 is 4.74 Å². The summed E-state index contributed by atoms with van der Waals surface area (Å²) in [5.41, 5.74) is 5.87. The Bertz CT molecular complexity index is 359. The van der Waals surface area contributed by atoms with Gasteiger partial charge in [-0.2, -0.15) is 0 Å². The fourth-order valence-corrected chi connectivity index (χ4v) is 2.64. The molecule has 2 rings (SSSR count). The Morgan fingerprint density at radius 3 is 2.94 bits per heavy atom. The number of benzene rings is 1. The molecule has 17 heavy (non-hydrogen) atoms. The molecular weight excluding hydrogens is 327 g/mol. The number of nitrogens with zero attached hydrogens (tertiary/aromatic N) is 1. The number of likely N-dealkylation sites (tertiary alicyclic amines) is 1. The van der Waals surface area contributed by atoms with Crippen LogP contribution in [0.5, 0.6) is 5.75 Å². The molecule has 0 amide bonds. The Morgan fingerprint density at radius 2 is 2.24 bits per heavy atom.